The van der Waals surface area contributed by atoms with Crippen LogP contribution in [0.4, 0.5) is 26.3 Å². The molecule has 0 spiro atoms. The van der Waals surface area contributed by atoms with Crippen LogP contribution in [0.5, 0.6) is 11.5 Å². The predicted molar refractivity (Wildman–Crippen MR) is 130 cm³/mol. The molecule has 12 heteroatoms. The van der Waals surface area contributed by atoms with Crippen molar-refractivity contribution in [3.63, 3.8) is 0 Å². The van der Waals surface area contributed by atoms with Gasteiger partial charge in [0.25, 0.3) is 0 Å². The standard InChI is InChI=1S/C25H27F6N3O2S/c1-33-7-9-34(10-8-33)23-32-14-19(37-23)11-16-3-6-21(22(12-16)35-2)36-15-17-4-5-18(24(26,27)28)13-20(17)25(29,30)31/h3-6,12-13,19H,7-11,14-15H2,1-2H3. The summed E-state index contributed by atoms with van der Waals surface area (Å²) in [6, 6.07) is 6.70. The number of hydrogen-bond acceptors (Lipinski definition) is 6. The lowest BCUT2D eigenvalue weighted by molar-refractivity contribution is -0.143. The monoisotopic (exact) mass is 547 g/mol. The number of alkyl halides is 6. The molecule has 2 heterocycles. The number of nitrogens with zero attached hydrogens (tertiary/aromatic N) is 3. The van der Waals surface area contributed by atoms with Crippen molar-refractivity contribution in [3.8, 4) is 11.5 Å². The van der Waals surface area contributed by atoms with Crippen LogP contribution in [0.3, 0.4) is 0 Å². The van der Waals surface area contributed by atoms with Crippen molar-refractivity contribution in [2.75, 3.05) is 46.9 Å². The lowest BCUT2D eigenvalue weighted by Crippen LogP contribution is -2.46. The molecule has 2 aromatic rings. The van der Waals surface area contributed by atoms with Crippen LogP contribution < -0.4 is 9.47 Å². The largest absolute Gasteiger partial charge is 0.493 e. The number of thioether (sulfide) groups is 1. The molecule has 1 unspecified atom stereocenters. The third-order valence-electron chi connectivity index (χ3n) is 6.29. The maximum Gasteiger partial charge on any atom is 0.416 e. The van der Waals surface area contributed by atoms with Crippen LogP contribution in [0.1, 0.15) is 22.3 Å². The molecule has 0 saturated carbocycles. The summed E-state index contributed by atoms with van der Waals surface area (Å²) in [6.07, 6.45) is -9.12. The molecule has 0 radical (unpaired) electrons. The molecule has 202 valence electrons. The van der Waals surface area contributed by atoms with E-state index < -0.39 is 35.6 Å². The van der Waals surface area contributed by atoms with E-state index in [2.05, 4.69) is 16.8 Å². The number of benzene rings is 2. The fourth-order valence-electron chi connectivity index (χ4n) is 4.20. The molecule has 0 bridgehead atoms. The second-order valence-electron chi connectivity index (χ2n) is 9.00. The molecular formula is C25H27F6N3O2S. The molecule has 0 amide bonds. The second-order valence-corrected chi connectivity index (χ2v) is 10.3. The van der Waals surface area contributed by atoms with Crippen LogP contribution in [0.15, 0.2) is 41.4 Å². The van der Waals surface area contributed by atoms with Crippen LogP contribution in [0, 0.1) is 0 Å². The second kappa shape index (κ2) is 11.0. The van der Waals surface area contributed by atoms with Crippen LogP contribution >= 0.6 is 11.8 Å². The predicted octanol–water partition coefficient (Wildman–Crippen LogP) is 5.57. The van der Waals surface area contributed by atoms with Gasteiger partial charge in [-0.3, -0.25) is 4.99 Å². The summed E-state index contributed by atoms with van der Waals surface area (Å²) in [4.78, 5) is 9.29. The number of aliphatic imine (C=N–C) groups is 1. The summed E-state index contributed by atoms with van der Waals surface area (Å²) >= 11 is 1.74. The van der Waals surface area contributed by atoms with Crippen molar-refractivity contribution in [2.45, 2.75) is 30.6 Å². The zero-order chi connectivity index (χ0) is 26.8. The van der Waals surface area contributed by atoms with Gasteiger partial charge < -0.3 is 19.3 Å². The van der Waals surface area contributed by atoms with Gasteiger partial charge in [-0.1, -0.05) is 23.9 Å². The molecule has 37 heavy (non-hydrogen) atoms. The maximum absolute atomic E-state index is 13.4. The van der Waals surface area contributed by atoms with Gasteiger partial charge in [0.15, 0.2) is 16.7 Å². The first-order chi connectivity index (χ1) is 17.4. The molecule has 1 saturated heterocycles. The summed E-state index contributed by atoms with van der Waals surface area (Å²) in [7, 11) is 3.52. The minimum atomic E-state index is -4.96. The smallest absolute Gasteiger partial charge is 0.416 e. The van der Waals surface area contributed by atoms with E-state index in [4.69, 9.17) is 14.5 Å². The Morgan fingerprint density at radius 3 is 2.32 bits per heavy atom. The molecule has 1 atom stereocenters. The van der Waals surface area contributed by atoms with E-state index >= 15 is 0 Å². The van der Waals surface area contributed by atoms with Crippen LogP contribution in [-0.2, 0) is 25.4 Å². The molecule has 1 fully saturated rings. The first-order valence-electron chi connectivity index (χ1n) is 11.7. The summed E-state index contributed by atoms with van der Waals surface area (Å²) < 4.78 is 90.0. The van der Waals surface area contributed by atoms with Gasteiger partial charge in [0, 0.05) is 37.0 Å². The fourth-order valence-corrected chi connectivity index (χ4v) is 5.40. The van der Waals surface area contributed by atoms with Gasteiger partial charge in [0.2, 0.25) is 0 Å². The molecule has 5 nitrogen and oxygen atoms in total. The molecule has 2 aromatic carbocycles. The van der Waals surface area contributed by atoms with Crippen molar-refractivity contribution in [1.29, 1.82) is 0 Å². The quantitative estimate of drug-likeness (QED) is 0.442. The zero-order valence-corrected chi connectivity index (χ0v) is 21.1. The number of rotatable bonds is 6. The van der Waals surface area contributed by atoms with Gasteiger partial charge in [-0.15, -0.1) is 0 Å². The first kappa shape index (κ1) is 27.4. The molecule has 2 aliphatic rings. The average molecular weight is 548 g/mol. The van der Waals surface area contributed by atoms with Gasteiger partial charge in [0.1, 0.15) is 6.61 Å². The molecule has 0 aliphatic carbocycles. The number of amidine groups is 1. The van der Waals surface area contributed by atoms with Crippen LogP contribution in [-0.4, -0.2) is 67.1 Å². The SMILES string of the molecule is COc1cc(CC2CN=C(N3CCN(C)CC3)S2)ccc1OCc1ccc(C(F)(F)F)cc1C(F)(F)F. The van der Waals surface area contributed by atoms with E-state index in [0.29, 0.717) is 18.4 Å². The summed E-state index contributed by atoms with van der Waals surface area (Å²) in [6.45, 7) is 4.03. The van der Waals surface area contributed by atoms with Crippen molar-refractivity contribution < 1.29 is 35.8 Å². The minimum absolute atomic E-state index is 0.108. The van der Waals surface area contributed by atoms with Gasteiger partial charge in [-0.25, -0.2) is 0 Å². The lowest BCUT2D eigenvalue weighted by Gasteiger charge is -2.33. The highest BCUT2D eigenvalue weighted by molar-refractivity contribution is 8.14. The van der Waals surface area contributed by atoms with Crippen LogP contribution in [0.25, 0.3) is 0 Å². The summed E-state index contributed by atoms with van der Waals surface area (Å²) in [5.41, 5.74) is -2.19. The average Bonchev–Trinajstić information content (AvgIpc) is 3.30. The Morgan fingerprint density at radius 1 is 0.946 bits per heavy atom. The van der Waals surface area contributed by atoms with Gasteiger partial charge >= 0.3 is 12.4 Å². The number of halogens is 6. The third kappa shape index (κ3) is 6.84. The highest BCUT2D eigenvalue weighted by Crippen LogP contribution is 2.38. The number of ether oxygens (including phenoxy) is 2. The minimum Gasteiger partial charge on any atom is -0.493 e. The Morgan fingerprint density at radius 2 is 1.68 bits per heavy atom. The fraction of sp³-hybridized carbons (Fsp3) is 0.480. The normalized spacial score (nSPS) is 19.2. The highest BCUT2D eigenvalue weighted by Gasteiger charge is 2.38. The van der Waals surface area contributed by atoms with Gasteiger partial charge in [-0.2, -0.15) is 26.3 Å². The molecule has 2 aliphatic heterocycles. The van der Waals surface area contributed by atoms with Crippen molar-refractivity contribution >= 4 is 16.9 Å². The first-order valence-corrected chi connectivity index (χ1v) is 12.5. The van der Waals surface area contributed by atoms with E-state index in [1.165, 1.54) is 7.11 Å². The topological polar surface area (TPSA) is 37.3 Å². The Bertz CT molecular complexity index is 1130. The third-order valence-corrected chi connectivity index (χ3v) is 7.54. The lowest BCUT2D eigenvalue weighted by atomic mass is 10.0. The van der Waals surface area contributed by atoms with E-state index in [0.717, 1.165) is 49.4 Å². The number of piperazine rings is 1. The summed E-state index contributed by atoms with van der Waals surface area (Å²) in [5, 5.41) is 1.31. The Balaban J connectivity index is 1.40. The number of hydrogen-bond donors (Lipinski definition) is 0. The van der Waals surface area contributed by atoms with Crippen LogP contribution in [0.2, 0.25) is 0 Å². The maximum atomic E-state index is 13.4. The summed E-state index contributed by atoms with van der Waals surface area (Å²) in [5.74, 6) is 0.536. The number of methoxy groups -OCH3 is 1. The van der Waals surface area contributed by atoms with Gasteiger partial charge in [0.05, 0.1) is 24.8 Å². The number of likely N-dealkylation sites (N-methyl/N-ethyl adjacent to an activating group) is 1. The van der Waals surface area contributed by atoms with E-state index in [9.17, 15) is 26.3 Å². The zero-order valence-electron chi connectivity index (χ0n) is 20.3. The Hall–Kier alpha value is -2.60. The van der Waals surface area contributed by atoms with E-state index in [1.807, 2.05) is 6.07 Å². The molecule has 0 aromatic heterocycles. The van der Waals surface area contributed by atoms with E-state index in [-0.39, 0.29) is 17.1 Å². The molecular weight excluding hydrogens is 520 g/mol. The van der Waals surface area contributed by atoms with Crippen molar-refractivity contribution in [3.05, 3.63) is 58.7 Å². The highest BCUT2D eigenvalue weighted by atomic mass is 32.2. The molecule has 0 N–H and O–H groups in total. The molecule has 4 rings (SSSR count). The van der Waals surface area contributed by atoms with Crippen molar-refractivity contribution in [1.82, 2.24) is 9.80 Å². The Labute approximate surface area is 215 Å². The van der Waals surface area contributed by atoms with E-state index in [1.54, 1.807) is 23.9 Å². The Kier molecular flexibility index (Phi) is 8.17. The van der Waals surface area contributed by atoms with Gasteiger partial charge in [-0.05, 0) is 43.3 Å². The van der Waals surface area contributed by atoms with Crippen molar-refractivity contribution in [2.24, 2.45) is 4.99 Å².